The number of ketones is 1. The molecule has 0 aliphatic heterocycles. The van der Waals surface area contributed by atoms with E-state index in [1.54, 1.807) is 14.0 Å². The van der Waals surface area contributed by atoms with E-state index in [0.717, 1.165) is 12.2 Å². The van der Waals surface area contributed by atoms with Crippen molar-refractivity contribution in [2.45, 2.75) is 45.6 Å². The van der Waals surface area contributed by atoms with Crippen molar-refractivity contribution in [3.8, 4) is 5.75 Å². The van der Waals surface area contributed by atoms with E-state index in [2.05, 4.69) is 31.3 Å². The first-order chi connectivity index (χ1) is 8.99. The molecule has 1 aromatic rings. The first-order valence-electron chi connectivity index (χ1n) is 6.84. The normalized spacial score (nSPS) is 12.5. The minimum Gasteiger partial charge on any atom is -0.496 e. The van der Waals surface area contributed by atoms with Crippen LogP contribution < -0.4 is 10.1 Å². The lowest BCUT2D eigenvalue weighted by Gasteiger charge is -2.19. The Balaban J connectivity index is 2.98. The minimum atomic E-state index is 0.215. The van der Waals surface area contributed by atoms with Crippen LogP contribution in [0.5, 0.6) is 5.75 Å². The molecule has 19 heavy (non-hydrogen) atoms. The minimum absolute atomic E-state index is 0.215. The summed E-state index contributed by atoms with van der Waals surface area (Å²) in [5.41, 5.74) is 2.43. The van der Waals surface area contributed by atoms with Crippen molar-refractivity contribution in [1.29, 1.82) is 0 Å². The van der Waals surface area contributed by atoms with Gasteiger partial charge in [0.05, 0.1) is 7.11 Å². The molecule has 1 aromatic carbocycles. The van der Waals surface area contributed by atoms with Gasteiger partial charge in [0, 0.05) is 12.5 Å². The van der Waals surface area contributed by atoms with Crippen LogP contribution in [0.3, 0.4) is 0 Å². The van der Waals surface area contributed by atoms with E-state index in [9.17, 15) is 4.79 Å². The van der Waals surface area contributed by atoms with Gasteiger partial charge in [-0.1, -0.05) is 26.0 Å². The zero-order valence-electron chi connectivity index (χ0n) is 12.6. The smallest absolute Gasteiger partial charge is 0.129 e. The number of carbonyl (C=O) groups excluding carboxylic acids is 1. The summed E-state index contributed by atoms with van der Waals surface area (Å²) < 4.78 is 5.40. The van der Waals surface area contributed by atoms with Gasteiger partial charge in [0.1, 0.15) is 11.5 Å². The molecular formula is C16H25NO2. The molecule has 1 atom stereocenters. The maximum Gasteiger partial charge on any atom is 0.129 e. The summed E-state index contributed by atoms with van der Waals surface area (Å²) in [7, 11) is 3.64. The van der Waals surface area contributed by atoms with Gasteiger partial charge in [-0.2, -0.15) is 0 Å². The third kappa shape index (κ3) is 4.35. The Morgan fingerprint density at radius 2 is 2.05 bits per heavy atom. The second kappa shape index (κ2) is 7.29. The second-order valence-electron chi connectivity index (χ2n) is 5.24. The van der Waals surface area contributed by atoms with Crippen LogP contribution in [-0.4, -0.2) is 19.9 Å². The van der Waals surface area contributed by atoms with Gasteiger partial charge in [-0.15, -0.1) is 0 Å². The molecule has 106 valence electrons. The Hall–Kier alpha value is -1.35. The Bertz CT molecular complexity index is 427. The molecule has 0 radical (unpaired) electrons. The first kappa shape index (κ1) is 15.7. The maximum absolute atomic E-state index is 11.1. The molecule has 0 saturated heterocycles. The van der Waals surface area contributed by atoms with Crippen molar-refractivity contribution >= 4 is 5.78 Å². The average molecular weight is 263 g/mol. The molecule has 0 aromatic heterocycles. The highest BCUT2D eigenvalue weighted by Gasteiger charge is 2.14. The monoisotopic (exact) mass is 263 g/mol. The molecule has 1 unspecified atom stereocenters. The van der Waals surface area contributed by atoms with E-state index >= 15 is 0 Å². The molecule has 0 heterocycles. The molecule has 1 N–H and O–H groups in total. The van der Waals surface area contributed by atoms with Crippen LogP contribution in [0.1, 0.15) is 56.7 Å². The fourth-order valence-electron chi connectivity index (χ4n) is 2.25. The Kier molecular flexibility index (Phi) is 6.03. The van der Waals surface area contributed by atoms with Gasteiger partial charge in [0.25, 0.3) is 0 Å². The lowest BCUT2D eigenvalue weighted by Crippen LogP contribution is -2.17. The fraction of sp³-hybridized carbons (Fsp3) is 0.562. The molecule has 0 aliphatic rings. The van der Waals surface area contributed by atoms with E-state index < -0.39 is 0 Å². The van der Waals surface area contributed by atoms with Crippen LogP contribution in [0.4, 0.5) is 0 Å². The molecule has 0 fully saturated rings. The van der Waals surface area contributed by atoms with Gasteiger partial charge in [0.15, 0.2) is 0 Å². The van der Waals surface area contributed by atoms with E-state index in [1.807, 2.05) is 13.1 Å². The molecule has 0 amide bonds. The van der Waals surface area contributed by atoms with Crippen molar-refractivity contribution in [2.24, 2.45) is 0 Å². The second-order valence-corrected chi connectivity index (χ2v) is 5.24. The lowest BCUT2D eigenvalue weighted by atomic mass is 9.94. The van der Waals surface area contributed by atoms with Crippen LogP contribution in [0.25, 0.3) is 0 Å². The largest absolute Gasteiger partial charge is 0.496 e. The zero-order chi connectivity index (χ0) is 14.4. The zero-order valence-corrected chi connectivity index (χ0v) is 12.6. The summed E-state index contributed by atoms with van der Waals surface area (Å²) in [5.74, 6) is 1.58. The summed E-state index contributed by atoms with van der Waals surface area (Å²) in [6, 6.07) is 6.49. The third-order valence-corrected chi connectivity index (χ3v) is 3.41. The number of rotatable bonds is 7. The van der Waals surface area contributed by atoms with Gasteiger partial charge in [-0.05, 0) is 43.5 Å². The van der Waals surface area contributed by atoms with Gasteiger partial charge in [0.2, 0.25) is 0 Å². The van der Waals surface area contributed by atoms with Crippen LogP contribution in [-0.2, 0) is 4.79 Å². The van der Waals surface area contributed by atoms with Crippen LogP contribution >= 0.6 is 0 Å². The third-order valence-electron chi connectivity index (χ3n) is 3.41. The highest BCUT2D eigenvalue weighted by Crippen LogP contribution is 2.30. The van der Waals surface area contributed by atoms with E-state index in [1.165, 1.54) is 11.1 Å². The summed E-state index contributed by atoms with van der Waals surface area (Å²) >= 11 is 0. The number of methoxy groups -OCH3 is 1. The number of hydrogen-bond donors (Lipinski definition) is 1. The molecule has 0 saturated carbocycles. The number of carbonyl (C=O) groups is 1. The molecule has 3 nitrogen and oxygen atoms in total. The van der Waals surface area contributed by atoms with Crippen LogP contribution in [0, 0.1) is 0 Å². The lowest BCUT2D eigenvalue weighted by molar-refractivity contribution is -0.117. The van der Waals surface area contributed by atoms with Crippen molar-refractivity contribution in [1.82, 2.24) is 5.32 Å². The predicted octanol–water partition coefficient (Wildman–Crippen LogP) is 3.45. The summed E-state index contributed by atoms with van der Waals surface area (Å²) in [6.07, 6.45) is 1.43. The maximum atomic E-state index is 11.1. The Morgan fingerprint density at radius 1 is 1.37 bits per heavy atom. The van der Waals surface area contributed by atoms with Crippen molar-refractivity contribution in [3.63, 3.8) is 0 Å². The Morgan fingerprint density at radius 3 is 2.53 bits per heavy atom. The van der Waals surface area contributed by atoms with Crippen molar-refractivity contribution in [3.05, 3.63) is 29.3 Å². The highest BCUT2D eigenvalue weighted by atomic mass is 16.5. The number of Topliss-reactive ketones (excluding diaryl/α,β-unsaturated/α-hetero) is 1. The van der Waals surface area contributed by atoms with Crippen LogP contribution in [0.2, 0.25) is 0 Å². The number of benzene rings is 1. The summed E-state index contributed by atoms with van der Waals surface area (Å²) in [5, 5.41) is 3.28. The predicted molar refractivity (Wildman–Crippen MR) is 78.8 cm³/mol. The standard InChI is InChI=1S/C16H25NO2/c1-11(2)14-10-13(7-9-16(14)19-5)15(17-4)8-6-12(3)18/h7,9-11,15,17H,6,8H2,1-5H3. The SMILES string of the molecule is CNC(CCC(C)=O)c1ccc(OC)c(C(C)C)c1. The average Bonchev–Trinajstić information content (AvgIpc) is 2.38. The molecule has 0 spiro atoms. The fourth-order valence-corrected chi connectivity index (χ4v) is 2.25. The first-order valence-corrected chi connectivity index (χ1v) is 6.84. The van der Waals surface area contributed by atoms with E-state index in [-0.39, 0.29) is 11.8 Å². The number of nitrogens with one attached hydrogen (secondary N) is 1. The molecule has 3 heteroatoms. The summed E-state index contributed by atoms with van der Waals surface area (Å²) in [6.45, 7) is 5.96. The molecule has 0 aliphatic carbocycles. The molecular weight excluding hydrogens is 238 g/mol. The van der Waals surface area contributed by atoms with E-state index in [4.69, 9.17) is 4.74 Å². The van der Waals surface area contributed by atoms with Gasteiger partial charge in [-0.3, -0.25) is 0 Å². The van der Waals surface area contributed by atoms with Gasteiger partial charge < -0.3 is 14.8 Å². The molecule has 0 bridgehead atoms. The van der Waals surface area contributed by atoms with Gasteiger partial charge >= 0.3 is 0 Å². The summed E-state index contributed by atoms with van der Waals surface area (Å²) in [4.78, 5) is 11.1. The quantitative estimate of drug-likeness (QED) is 0.819. The van der Waals surface area contributed by atoms with Crippen molar-refractivity contribution < 1.29 is 9.53 Å². The molecule has 1 rings (SSSR count). The van der Waals surface area contributed by atoms with Crippen molar-refractivity contribution in [2.75, 3.05) is 14.2 Å². The Labute approximate surface area is 116 Å². The topological polar surface area (TPSA) is 38.3 Å². The number of ether oxygens (including phenoxy) is 1. The number of hydrogen-bond acceptors (Lipinski definition) is 3. The van der Waals surface area contributed by atoms with Crippen LogP contribution in [0.15, 0.2) is 18.2 Å². The highest BCUT2D eigenvalue weighted by molar-refractivity contribution is 5.75. The van der Waals surface area contributed by atoms with E-state index in [0.29, 0.717) is 12.3 Å². The van der Waals surface area contributed by atoms with Gasteiger partial charge in [-0.25, -0.2) is 0 Å².